The van der Waals surface area contributed by atoms with Crippen LogP contribution in [0.1, 0.15) is 39.5 Å². The van der Waals surface area contributed by atoms with Gasteiger partial charge in [-0.15, -0.1) is 0 Å². The van der Waals surface area contributed by atoms with Crippen molar-refractivity contribution in [2.24, 2.45) is 0 Å². The van der Waals surface area contributed by atoms with Crippen LogP contribution in [-0.4, -0.2) is 63.8 Å². The minimum absolute atomic E-state index is 0.00787. The molecule has 1 N–H and O–H groups in total. The van der Waals surface area contributed by atoms with E-state index in [-0.39, 0.29) is 35.3 Å². The van der Waals surface area contributed by atoms with Crippen molar-refractivity contribution in [3.8, 4) is 0 Å². The van der Waals surface area contributed by atoms with Gasteiger partial charge in [0.05, 0.1) is 16.3 Å². The molecule has 2 amide bonds. The molecule has 1 saturated heterocycles. The summed E-state index contributed by atoms with van der Waals surface area (Å²) in [6, 6.07) is 4.56. The monoisotopic (exact) mass is 422 g/mol. The average Bonchev–Trinajstić information content (AvgIpc) is 2.70. The van der Waals surface area contributed by atoms with E-state index in [1.165, 1.54) is 25.1 Å². The summed E-state index contributed by atoms with van der Waals surface area (Å²) >= 11 is 0. The van der Waals surface area contributed by atoms with Gasteiger partial charge in [-0.1, -0.05) is 6.92 Å². The Balaban J connectivity index is 2.04. The normalized spacial score (nSPS) is 20.3. The van der Waals surface area contributed by atoms with Crippen molar-refractivity contribution in [1.29, 1.82) is 0 Å². The number of sulfonamides is 1. The molecule has 9 heteroatoms. The largest absolute Gasteiger partial charge is 0.358 e. The van der Waals surface area contributed by atoms with Crippen molar-refractivity contribution in [3.05, 3.63) is 18.2 Å². The maximum Gasteiger partial charge on any atom is 0.250 e. The highest BCUT2D eigenvalue weighted by atomic mass is 32.2. The van der Waals surface area contributed by atoms with Crippen molar-refractivity contribution in [2.75, 3.05) is 37.0 Å². The molecule has 1 fully saturated rings. The average molecular weight is 423 g/mol. The van der Waals surface area contributed by atoms with Crippen LogP contribution in [-0.2, 0) is 19.6 Å². The molecule has 2 heterocycles. The summed E-state index contributed by atoms with van der Waals surface area (Å²) in [7, 11) is -0.715. The number of fused-ring (bicyclic) bond motifs is 3. The number of carbonyl (C=O) groups is 2. The van der Waals surface area contributed by atoms with E-state index >= 15 is 0 Å². The topological polar surface area (TPSA) is 90.0 Å². The minimum Gasteiger partial charge on any atom is -0.358 e. The lowest BCUT2D eigenvalue weighted by Gasteiger charge is -2.45. The number of piperidine rings is 1. The number of nitrogens with one attached hydrogen (secondary N) is 1. The van der Waals surface area contributed by atoms with Crippen molar-refractivity contribution in [1.82, 2.24) is 9.62 Å². The first-order chi connectivity index (χ1) is 13.7. The zero-order valence-electron chi connectivity index (χ0n) is 17.5. The summed E-state index contributed by atoms with van der Waals surface area (Å²) in [6.07, 6.45) is 3.47. The summed E-state index contributed by atoms with van der Waals surface area (Å²) in [4.78, 5) is 29.4. The molecule has 0 bridgehead atoms. The lowest BCUT2D eigenvalue weighted by Crippen LogP contribution is -2.57. The fraction of sp³-hybridized carbons (Fsp3) is 0.600. The van der Waals surface area contributed by atoms with E-state index in [1.807, 2.05) is 13.8 Å². The second-order valence-corrected chi connectivity index (χ2v) is 10.1. The van der Waals surface area contributed by atoms with E-state index in [0.717, 1.165) is 42.2 Å². The van der Waals surface area contributed by atoms with Crippen LogP contribution < -0.4 is 15.1 Å². The number of hydrogen-bond donors (Lipinski definition) is 1. The van der Waals surface area contributed by atoms with E-state index in [9.17, 15) is 18.0 Å². The molecule has 0 radical (unpaired) electrons. The van der Waals surface area contributed by atoms with Gasteiger partial charge in [0.2, 0.25) is 21.8 Å². The SMILES string of the molecule is CC[C@H](C)NC(=O)CN1C(=O)[C@H]2CCCCN2c2ccc(S(=O)(=O)N(C)C)cc21. The Bertz CT molecular complexity index is 900. The Labute approximate surface area is 172 Å². The second-order valence-electron chi connectivity index (χ2n) is 7.94. The van der Waals surface area contributed by atoms with E-state index in [0.29, 0.717) is 5.69 Å². The van der Waals surface area contributed by atoms with Gasteiger partial charge in [-0.05, 0) is 50.8 Å². The van der Waals surface area contributed by atoms with Gasteiger partial charge < -0.3 is 10.2 Å². The van der Waals surface area contributed by atoms with E-state index in [2.05, 4.69) is 10.2 Å². The maximum atomic E-state index is 13.3. The summed E-state index contributed by atoms with van der Waals surface area (Å²) in [5, 5.41) is 2.89. The first-order valence-electron chi connectivity index (χ1n) is 10.1. The fourth-order valence-electron chi connectivity index (χ4n) is 3.84. The number of benzene rings is 1. The molecule has 3 rings (SSSR count). The first-order valence-corrected chi connectivity index (χ1v) is 11.5. The van der Waals surface area contributed by atoms with Gasteiger partial charge in [0.15, 0.2) is 0 Å². The Morgan fingerprint density at radius 3 is 2.66 bits per heavy atom. The Morgan fingerprint density at radius 1 is 1.28 bits per heavy atom. The molecule has 2 aliphatic heterocycles. The molecule has 2 aliphatic rings. The lowest BCUT2D eigenvalue weighted by molar-refractivity contribution is -0.125. The second kappa shape index (κ2) is 8.31. The molecule has 0 saturated carbocycles. The molecule has 0 aromatic heterocycles. The van der Waals surface area contributed by atoms with Gasteiger partial charge in [-0.3, -0.25) is 14.5 Å². The van der Waals surface area contributed by atoms with Crippen LogP contribution in [0.4, 0.5) is 11.4 Å². The molecule has 160 valence electrons. The van der Waals surface area contributed by atoms with Gasteiger partial charge in [0.25, 0.3) is 0 Å². The number of anilines is 2. The molecular formula is C20H30N4O4S. The highest BCUT2D eigenvalue weighted by molar-refractivity contribution is 7.89. The van der Waals surface area contributed by atoms with E-state index in [1.54, 1.807) is 12.1 Å². The summed E-state index contributed by atoms with van der Waals surface area (Å²) in [6.45, 7) is 4.52. The molecule has 2 atom stereocenters. The van der Waals surface area contributed by atoms with Crippen molar-refractivity contribution in [2.45, 2.75) is 56.5 Å². The van der Waals surface area contributed by atoms with E-state index in [4.69, 9.17) is 0 Å². The lowest BCUT2D eigenvalue weighted by atomic mass is 9.96. The van der Waals surface area contributed by atoms with Crippen LogP contribution in [0.2, 0.25) is 0 Å². The van der Waals surface area contributed by atoms with Gasteiger partial charge >= 0.3 is 0 Å². The van der Waals surface area contributed by atoms with Crippen molar-refractivity contribution >= 4 is 33.2 Å². The Morgan fingerprint density at radius 2 is 2.00 bits per heavy atom. The Hall–Kier alpha value is -2.13. The summed E-state index contributed by atoms with van der Waals surface area (Å²) in [5.74, 6) is -0.389. The summed E-state index contributed by atoms with van der Waals surface area (Å²) in [5.41, 5.74) is 1.29. The van der Waals surface area contributed by atoms with Gasteiger partial charge in [-0.2, -0.15) is 0 Å². The van der Waals surface area contributed by atoms with Crippen molar-refractivity contribution in [3.63, 3.8) is 0 Å². The number of rotatable bonds is 6. The molecule has 1 aromatic rings. The summed E-state index contributed by atoms with van der Waals surface area (Å²) < 4.78 is 26.4. The van der Waals surface area contributed by atoms with Crippen LogP contribution in [0.3, 0.4) is 0 Å². The Kier molecular flexibility index (Phi) is 6.19. The van der Waals surface area contributed by atoms with Crippen LogP contribution in [0.5, 0.6) is 0 Å². The van der Waals surface area contributed by atoms with Gasteiger partial charge in [0, 0.05) is 26.7 Å². The number of amides is 2. The highest BCUT2D eigenvalue weighted by Crippen LogP contribution is 2.40. The molecule has 0 unspecified atom stereocenters. The zero-order chi connectivity index (χ0) is 21.3. The van der Waals surface area contributed by atoms with E-state index < -0.39 is 10.0 Å². The van der Waals surface area contributed by atoms with Crippen molar-refractivity contribution < 1.29 is 18.0 Å². The fourth-order valence-corrected chi connectivity index (χ4v) is 4.76. The first kappa shape index (κ1) is 21.6. The smallest absolute Gasteiger partial charge is 0.250 e. The number of carbonyl (C=O) groups excluding carboxylic acids is 2. The third-order valence-electron chi connectivity index (χ3n) is 5.70. The zero-order valence-corrected chi connectivity index (χ0v) is 18.3. The standard InChI is InChI=1S/C20H30N4O4S/c1-5-14(2)21-19(25)13-24-18-12-15(29(27,28)22(3)4)9-10-16(18)23-11-7-6-8-17(23)20(24)26/h9-10,12,14,17H,5-8,11,13H2,1-4H3,(H,21,25)/t14-,17+/m0/s1. The molecule has 0 spiro atoms. The third kappa shape index (κ3) is 4.11. The number of hydrogen-bond acceptors (Lipinski definition) is 5. The maximum absolute atomic E-state index is 13.3. The molecule has 0 aliphatic carbocycles. The molecule has 8 nitrogen and oxygen atoms in total. The quantitative estimate of drug-likeness (QED) is 0.751. The highest BCUT2D eigenvalue weighted by Gasteiger charge is 2.40. The predicted molar refractivity (Wildman–Crippen MR) is 113 cm³/mol. The van der Waals surface area contributed by atoms with Crippen LogP contribution >= 0.6 is 0 Å². The molecular weight excluding hydrogens is 392 g/mol. The molecule has 29 heavy (non-hydrogen) atoms. The minimum atomic E-state index is -3.66. The number of nitrogens with zero attached hydrogens (tertiary/aromatic N) is 3. The van der Waals surface area contributed by atoms with Crippen LogP contribution in [0.25, 0.3) is 0 Å². The van der Waals surface area contributed by atoms with Gasteiger partial charge in [-0.25, -0.2) is 12.7 Å². The molecule has 1 aromatic carbocycles. The third-order valence-corrected chi connectivity index (χ3v) is 7.51. The van der Waals surface area contributed by atoms with Crippen LogP contribution in [0.15, 0.2) is 23.1 Å². The van der Waals surface area contributed by atoms with Gasteiger partial charge in [0.1, 0.15) is 12.6 Å². The predicted octanol–water partition coefficient (Wildman–Crippen LogP) is 1.56. The van der Waals surface area contributed by atoms with Crippen LogP contribution in [0, 0.1) is 0 Å².